The van der Waals surface area contributed by atoms with E-state index in [9.17, 15) is 0 Å². The monoisotopic (exact) mass is 343 g/mol. The molecule has 0 saturated carbocycles. The zero-order chi connectivity index (χ0) is 18.9. The number of rotatable bonds is 3. The van der Waals surface area contributed by atoms with Gasteiger partial charge in [0.05, 0.1) is 5.69 Å². The van der Waals surface area contributed by atoms with Crippen molar-refractivity contribution in [1.82, 2.24) is 4.98 Å². The first-order chi connectivity index (χ1) is 12.2. The van der Waals surface area contributed by atoms with Gasteiger partial charge in [-0.15, -0.1) is 0 Å². The number of aryl methyl sites for hydroxylation is 3. The van der Waals surface area contributed by atoms with Crippen LogP contribution in [0.4, 0.5) is 0 Å². The lowest BCUT2D eigenvalue weighted by Gasteiger charge is -2.20. The van der Waals surface area contributed by atoms with E-state index in [0.29, 0.717) is 0 Å². The SMILES string of the molecule is Cc1cnc(-c2cc(-c3ccccc3)c(C)cc2C)cc1CC(C)(C)C. The van der Waals surface area contributed by atoms with Crippen molar-refractivity contribution in [3.05, 3.63) is 77.0 Å². The van der Waals surface area contributed by atoms with Crippen molar-refractivity contribution >= 4 is 0 Å². The molecule has 1 heteroatoms. The molecular weight excluding hydrogens is 314 g/mol. The van der Waals surface area contributed by atoms with Gasteiger partial charge in [-0.1, -0.05) is 57.2 Å². The van der Waals surface area contributed by atoms with E-state index in [0.717, 1.165) is 12.1 Å². The van der Waals surface area contributed by atoms with E-state index in [2.05, 4.69) is 90.1 Å². The van der Waals surface area contributed by atoms with E-state index in [4.69, 9.17) is 4.98 Å². The Morgan fingerprint density at radius 1 is 0.769 bits per heavy atom. The summed E-state index contributed by atoms with van der Waals surface area (Å²) in [5, 5.41) is 0. The Bertz CT molecular complexity index is 915. The van der Waals surface area contributed by atoms with Crippen molar-refractivity contribution < 1.29 is 0 Å². The Hall–Kier alpha value is -2.41. The molecule has 3 rings (SSSR count). The molecule has 3 aromatic rings. The molecule has 0 radical (unpaired) electrons. The van der Waals surface area contributed by atoms with Gasteiger partial charge in [-0.05, 0) is 78.1 Å². The van der Waals surface area contributed by atoms with Crippen LogP contribution in [-0.2, 0) is 6.42 Å². The summed E-state index contributed by atoms with van der Waals surface area (Å²) in [6.07, 6.45) is 3.09. The van der Waals surface area contributed by atoms with Gasteiger partial charge in [0.1, 0.15) is 0 Å². The van der Waals surface area contributed by atoms with Gasteiger partial charge in [-0.3, -0.25) is 4.98 Å². The summed E-state index contributed by atoms with van der Waals surface area (Å²) in [7, 11) is 0. The summed E-state index contributed by atoms with van der Waals surface area (Å²) in [4.78, 5) is 4.76. The quantitative estimate of drug-likeness (QED) is 0.502. The van der Waals surface area contributed by atoms with Crippen LogP contribution in [-0.4, -0.2) is 4.98 Å². The highest BCUT2D eigenvalue weighted by molar-refractivity contribution is 5.76. The number of aromatic nitrogens is 1. The highest BCUT2D eigenvalue weighted by Gasteiger charge is 2.15. The van der Waals surface area contributed by atoms with Crippen LogP contribution in [0.15, 0.2) is 54.7 Å². The van der Waals surface area contributed by atoms with Gasteiger partial charge < -0.3 is 0 Å². The van der Waals surface area contributed by atoms with Crippen molar-refractivity contribution in [2.24, 2.45) is 5.41 Å². The van der Waals surface area contributed by atoms with E-state index >= 15 is 0 Å². The van der Waals surface area contributed by atoms with Crippen molar-refractivity contribution in [1.29, 1.82) is 0 Å². The van der Waals surface area contributed by atoms with Crippen LogP contribution in [0.3, 0.4) is 0 Å². The number of nitrogens with zero attached hydrogens (tertiary/aromatic N) is 1. The number of hydrogen-bond acceptors (Lipinski definition) is 1. The molecule has 0 atom stereocenters. The minimum atomic E-state index is 0.265. The summed E-state index contributed by atoms with van der Waals surface area (Å²) >= 11 is 0. The summed E-state index contributed by atoms with van der Waals surface area (Å²) in [6, 6.07) is 17.5. The van der Waals surface area contributed by atoms with Gasteiger partial charge in [0.2, 0.25) is 0 Å². The van der Waals surface area contributed by atoms with Crippen molar-refractivity contribution in [2.75, 3.05) is 0 Å². The molecule has 2 aromatic carbocycles. The second kappa shape index (κ2) is 7.07. The summed E-state index contributed by atoms with van der Waals surface area (Å²) < 4.78 is 0. The minimum Gasteiger partial charge on any atom is -0.256 e. The fourth-order valence-electron chi connectivity index (χ4n) is 3.53. The van der Waals surface area contributed by atoms with Crippen LogP contribution < -0.4 is 0 Å². The Morgan fingerprint density at radius 2 is 1.42 bits per heavy atom. The van der Waals surface area contributed by atoms with E-state index in [-0.39, 0.29) is 5.41 Å². The molecule has 1 aromatic heterocycles. The van der Waals surface area contributed by atoms with Crippen LogP contribution in [0.5, 0.6) is 0 Å². The maximum atomic E-state index is 4.76. The molecule has 134 valence electrons. The lowest BCUT2D eigenvalue weighted by Crippen LogP contribution is -2.10. The van der Waals surface area contributed by atoms with Crippen LogP contribution in [0, 0.1) is 26.2 Å². The fourth-order valence-corrected chi connectivity index (χ4v) is 3.53. The van der Waals surface area contributed by atoms with E-state index in [1.54, 1.807) is 0 Å². The van der Waals surface area contributed by atoms with Crippen molar-refractivity contribution in [3.8, 4) is 22.4 Å². The average Bonchev–Trinajstić information content (AvgIpc) is 2.57. The van der Waals surface area contributed by atoms with Gasteiger partial charge in [0.25, 0.3) is 0 Å². The van der Waals surface area contributed by atoms with Crippen molar-refractivity contribution in [2.45, 2.75) is 48.0 Å². The van der Waals surface area contributed by atoms with E-state index in [1.807, 2.05) is 6.20 Å². The van der Waals surface area contributed by atoms with Gasteiger partial charge >= 0.3 is 0 Å². The first kappa shape index (κ1) is 18.4. The van der Waals surface area contributed by atoms with Crippen LogP contribution in [0.2, 0.25) is 0 Å². The van der Waals surface area contributed by atoms with E-state index in [1.165, 1.54) is 38.9 Å². The van der Waals surface area contributed by atoms with Gasteiger partial charge in [-0.25, -0.2) is 0 Å². The molecule has 0 saturated heterocycles. The standard InChI is InChI=1S/C25H29N/c1-17-12-18(2)23(14-22(17)20-10-8-7-9-11-20)24-13-21(15-25(4,5)6)19(3)16-26-24/h7-14,16H,15H2,1-6H3. The average molecular weight is 344 g/mol. The van der Waals surface area contributed by atoms with Gasteiger partial charge in [0.15, 0.2) is 0 Å². The third-order valence-electron chi connectivity index (χ3n) is 4.87. The predicted molar refractivity (Wildman–Crippen MR) is 112 cm³/mol. The van der Waals surface area contributed by atoms with Crippen LogP contribution >= 0.6 is 0 Å². The minimum absolute atomic E-state index is 0.265. The lowest BCUT2D eigenvalue weighted by molar-refractivity contribution is 0.410. The van der Waals surface area contributed by atoms with Gasteiger partial charge in [0, 0.05) is 11.8 Å². The molecule has 0 N–H and O–H groups in total. The van der Waals surface area contributed by atoms with Crippen molar-refractivity contribution in [3.63, 3.8) is 0 Å². The number of benzene rings is 2. The van der Waals surface area contributed by atoms with Crippen LogP contribution in [0.25, 0.3) is 22.4 Å². The third kappa shape index (κ3) is 4.04. The molecule has 0 fully saturated rings. The largest absolute Gasteiger partial charge is 0.256 e. The molecule has 0 spiro atoms. The lowest BCUT2D eigenvalue weighted by atomic mass is 9.86. The first-order valence-electron chi connectivity index (χ1n) is 9.37. The summed E-state index contributed by atoms with van der Waals surface area (Å²) in [6.45, 7) is 13.4. The third-order valence-corrected chi connectivity index (χ3v) is 4.87. The molecule has 1 heterocycles. The second-order valence-corrected chi connectivity index (χ2v) is 8.58. The Kier molecular flexibility index (Phi) is 5.00. The highest BCUT2D eigenvalue weighted by atomic mass is 14.7. The zero-order valence-corrected chi connectivity index (χ0v) is 16.9. The molecule has 0 unspecified atom stereocenters. The van der Waals surface area contributed by atoms with Gasteiger partial charge in [-0.2, -0.15) is 0 Å². The zero-order valence-electron chi connectivity index (χ0n) is 16.9. The second-order valence-electron chi connectivity index (χ2n) is 8.58. The Labute approximate surface area is 158 Å². The molecule has 26 heavy (non-hydrogen) atoms. The topological polar surface area (TPSA) is 12.9 Å². The maximum Gasteiger partial charge on any atom is 0.0707 e. The first-order valence-corrected chi connectivity index (χ1v) is 9.37. The predicted octanol–water partition coefficient (Wildman–Crippen LogP) is 6.93. The normalized spacial score (nSPS) is 11.6. The molecule has 0 aliphatic carbocycles. The molecule has 1 nitrogen and oxygen atoms in total. The molecular formula is C25H29N. The smallest absolute Gasteiger partial charge is 0.0707 e. The fraction of sp³-hybridized carbons (Fsp3) is 0.320. The molecule has 0 bridgehead atoms. The Morgan fingerprint density at radius 3 is 2.08 bits per heavy atom. The van der Waals surface area contributed by atoms with Crippen LogP contribution in [0.1, 0.15) is 43.0 Å². The molecule has 0 amide bonds. The maximum absolute atomic E-state index is 4.76. The summed E-state index contributed by atoms with van der Waals surface area (Å²) in [5.74, 6) is 0. The highest BCUT2D eigenvalue weighted by Crippen LogP contribution is 2.33. The van der Waals surface area contributed by atoms with E-state index < -0.39 is 0 Å². The Balaban J connectivity index is 2.11. The summed E-state index contributed by atoms with van der Waals surface area (Å²) in [5.41, 5.74) is 10.4. The molecule has 0 aliphatic rings. The molecule has 0 aliphatic heterocycles. The number of pyridine rings is 1. The number of hydrogen-bond donors (Lipinski definition) is 0.